The molecule has 2 heteroatoms. The molecule has 8 aromatic rings. The third kappa shape index (κ3) is 4.26. The summed E-state index contributed by atoms with van der Waals surface area (Å²) in [5, 5.41) is 11.0. The molecule has 0 aliphatic carbocycles. The molecule has 1 aliphatic heterocycles. The molecule has 1 N–H and O–H groups in total. The lowest BCUT2D eigenvalue weighted by atomic mass is 9.98. The van der Waals surface area contributed by atoms with Crippen molar-refractivity contribution in [2.45, 2.75) is 0 Å². The van der Waals surface area contributed by atoms with Gasteiger partial charge in [-0.2, -0.15) is 0 Å². The number of fused-ring (bicyclic) bond motifs is 6. The van der Waals surface area contributed by atoms with Crippen molar-refractivity contribution < 1.29 is 0 Å². The number of benzene rings is 7. The fraction of sp³-hybridized carbons (Fsp3) is 0.0233. The SMILES string of the molecule is C1=CCNC(c2ccc3c(ccc4c5ccc(-c6cccc(-c7ccccc7)c6)cc5n(-c5cccc6ccccc56)c34)c2)=C1. The lowest BCUT2D eigenvalue weighted by Gasteiger charge is -2.15. The summed E-state index contributed by atoms with van der Waals surface area (Å²) in [6, 6.07) is 53.3. The van der Waals surface area contributed by atoms with E-state index >= 15 is 0 Å². The van der Waals surface area contributed by atoms with Crippen molar-refractivity contribution in [3.05, 3.63) is 169 Å². The van der Waals surface area contributed by atoms with E-state index in [2.05, 4.69) is 174 Å². The molecule has 45 heavy (non-hydrogen) atoms. The zero-order chi connectivity index (χ0) is 29.7. The summed E-state index contributed by atoms with van der Waals surface area (Å²) in [4.78, 5) is 0. The number of dihydropyridines is 1. The number of hydrogen-bond donors (Lipinski definition) is 1. The maximum Gasteiger partial charge on any atom is 0.0619 e. The van der Waals surface area contributed by atoms with Gasteiger partial charge >= 0.3 is 0 Å². The van der Waals surface area contributed by atoms with Crippen LogP contribution >= 0.6 is 0 Å². The van der Waals surface area contributed by atoms with E-state index in [1.54, 1.807) is 0 Å². The van der Waals surface area contributed by atoms with Crippen LogP contribution in [0.15, 0.2) is 164 Å². The monoisotopic (exact) mass is 574 g/mol. The third-order valence-corrected chi connectivity index (χ3v) is 9.17. The van der Waals surface area contributed by atoms with Gasteiger partial charge in [0.15, 0.2) is 0 Å². The van der Waals surface area contributed by atoms with Crippen LogP contribution in [0.5, 0.6) is 0 Å². The number of hydrogen-bond acceptors (Lipinski definition) is 1. The summed E-state index contributed by atoms with van der Waals surface area (Å²) >= 11 is 0. The molecule has 1 aromatic heterocycles. The molecule has 0 atom stereocenters. The smallest absolute Gasteiger partial charge is 0.0619 e. The average molecular weight is 575 g/mol. The van der Waals surface area contributed by atoms with Crippen LogP contribution in [0, 0.1) is 0 Å². The van der Waals surface area contributed by atoms with Crippen LogP contribution in [0.25, 0.3) is 77.0 Å². The Kier molecular flexibility index (Phi) is 5.92. The summed E-state index contributed by atoms with van der Waals surface area (Å²) in [6.07, 6.45) is 6.43. The maximum absolute atomic E-state index is 3.52. The zero-order valence-corrected chi connectivity index (χ0v) is 24.7. The molecule has 0 fully saturated rings. The van der Waals surface area contributed by atoms with E-state index in [0.29, 0.717) is 0 Å². The third-order valence-electron chi connectivity index (χ3n) is 9.17. The van der Waals surface area contributed by atoms with Gasteiger partial charge in [-0.05, 0) is 68.9 Å². The summed E-state index contributed by atoms with van der Waals surface area (Å²) in [5.41, 5.74) is 10.9. The minimum Gasteiger partial charge on any atom is -0.381 e. The van der Waals surface area contributed by atoms with E-state index in [-0.39, 0.29) is 0 Å². The van der Waals surface area contributed by atoms with Crippen LogP contribution in [0.2, 0.25) is 0 Å². The van der Waals surface area contributed by atoms with Gasteiger partial charge in [0.2, 0.25) is 0 Å². The number of rotatable bonds is 4. The highest BCUT2D eigenvalue weighted by molar-refractivity contribution is 6.20. The van der Waals surface area contributed by atoms with E-state index in [0.717, 1.165) is 12.2 Å². The van der Waals surface area contributed by atoms with Gasteiger partial charge in [0.25, 0.3) is 0 Å². The predicted octanol–water partition coefficient (Wildman–Crippen LogP) is 10.9. The number of aromatic nitrogens is 1. The van der Waals surface area contributed by atoms with Gasteiger partial charge in [-0.15, -0.1) is 0 Å². The quantitative estimate of drug-likeness (QED) is 0.221. The first-order valence-corrected chi connectivity index (χ1v) is 15.6. The molecule has 0 bridgehead atoms. The fourth-order valence-corrected chi connectivity index (χ4v) is 7.00. The maximum atomic E-state index is 3.52. The summed E-state index contributed by atoms with van der Waals surface area (Å²) in [6.45, 7) is 0.856. The van der Waals surface area contributed by atoms with Crippen molar-refractivity contribution in [2.75, 3.05) is 6.54 Å². The van der Waals surface area contributed by atoms with Crippen LogP contribution in [0.1, 0.15) is 5.56 Å². The topological polar surface area (TPSA) is 17.0 Å². The molecule has 0 radical (unpaired) electrons. The van der Waals surface area contributed by atoms with Gasteiger partial charge in [0.05, 0.1) is 16.7 Å². The first-order chi connectivity index (χ1) is 22.3. The van der Waals surface area contributed by atoms with E-state index in [4.69, 9.17) is 0 Å². The normalized spacial score (nSPS) is 13.0. The van der Waals surface area contributed by atoms with Crippen molar-refractivity contribution in [3.8, 4) is 27.9 Å². The molecule has 2 nitrogen and oxygen atoms in total. The van der Waals surface area contributed by atoms with Crippen LogP contribution in [-0.2, 0) is 0 Å². The van der Waals surface area contributed by atoms with E-state index < -0.39 is 0 Å². The van der Waals surface area contributed by atoms with Crippen molar-refractivity contribution in [1.29, 1.82) is 0 Å². The van der Waals surface area contributed by atoms with Crippen molar-refractivity contribution in [1.82, 2.24) is 9.88 Å². The highest BCUT2D eigenvalue weighted by Gasteiger charge is 2.18. The Hall–Kier alpha value is -5.86. The second-order valence-corrected chi connectivity index (χ2v) is 11.8. The molecule has 9 rings (SSSR count). The lowest BCUT2D eigenvalue weighted by Crippen LogP contribution is -2.14. The molecule has 0 saturated heterocycles. The molecule has 1 aliphatic rings. The molecular weight excluding hydrogens is 544 g/mol. The zero-order valence-electron chi connectivity index (χ0n) is 24.7. The molecule has 0 spiro atoms. The molecular formula is C43H30N2. The number of nitrogens with one attached hydrogen (secondary N) is 1. The van der Waals surface area contributed by atoms with Gasteiger partial charge in [0.1, 0.15) is 0 Å². The Balaban J connectivity index is 1.33. The van der Waals surface area contributed by atoms with Gasteiger partial charge in [-0.3, -0.25) is 0 Å². The van der Waals surface area contributed by atoms with E-state index in [1.165, 1.54) is 76.9 Å². The van der Waals surface area contributed by atoms with Crippen molar-refractivity contribution in [3.63, 3.8) is 0 Å². The van der Waals surface area contributed by atoms with E-state index in [9.17, 15) is 0 Å². The second kappa shape index (κ2) is 10.4. The second-order valence-electron chi connectivity index (χ2n) is 11.8. The Morgan fingerprint density at radius 2 is 1.18 bits per heavy atom. The van der Waals surface area contributed by atoms with Crippen molar-refractivity contribution >= 4 is 49.0 Å². The summed E-state index contributed by atoms with van der Waals surface area (Å²) in [7, 11) is 0. The minimum absolute atomic E-state index is 0.856. The van der Waals surface area contributed by atoms with Crippen LogP contribution in [0.3, 0.4) is 0 Å². The van der Waals surface area contributed by atoms with Crippen LogP contribution < -0.4 is 5.32 Å². The average Bonchev–Trinajstić information content (AvgIpc) is 3.46. The first-order valence-electron chi connectivity index (χ1n) is 15.6. The fourth-order valence-electron chi connectivity index (χ4n) is 7.00. The molecule has 7 aromatic carbocycles. The number of allylic oxidation sites excluding steroid dienone is 2. The summed E-state index contributed by atoms with van der Waals surface area (Å²) in [5.74, 6) is 0. The molecule has 212 valence electrons. The standard InChI is InChI=1S/C43H30N2/c1-2-10-29(11-3-1)31-14-8-15-32(26-31)33-19-23-38-39-24-20-34-27-35(40-17-6-7-25-44-40)21-22-37(34)43(39)45(42(38)28-33)41-18-9-13-30-12-4-5-16-36(30)41/h1-24,26-28,44H,25H2. The number of nitrogens with zero attached hydrogens (tertiary/aromatic N) is 1. The Labute approximate surface area is 262 Å². The van der Waals surface area contributed by atoms with Crippen molar-refractivity contribution in [2.24, 2.45) is 0 Å². The molecule has 0 saturated carbocycles. The molecule has 2 heterocycles. The van der Waals surface area contributed by atoms with Gasteiger partial charge in [-0.25, -0.2) is 0 Å². The molecule has 0 amide bonds. The van der Waals surface area contributed by atoms with Gasteiger partial charge in [0, 0.05) is 33.8 Å². The molecule has 0 unspecified atom stereocenters. The Morgan fingerprint density at radius 3 is 2.07 bits per heavy atom. The highest BCUT2D eigenvalue weighted by Crippen LogP contribution is 2.40. The Morgan fingerprint density at radius 1 is 0.467 bits per heavy atom. The summed E-state index contributed by atoms with van der Waals surface area (Å²) < 4.78 is 2.50. The lowest BCUT2D eigenvalue weighted by molar-refractivity contribution is 0.996. The highest BCUT2D eigenvalue weighted by atomic mass is 15.0. The minimum atomic E-state index is 0.856. The Bertz CT molecular complexity index is 2470. The van der Waals surface area contributed by atoms with Crippen LogP contribution in [0.4, 0.5) is 0 Å². The van der Waals surface area contributed by atoms with Gasteiger partial charge in [-0.1, -0.05) is 133 Å². The van der Waals surface area contributed by atoms with E-state index in [1.807, 2.05) is 0 Å². The largest absolute Gasteiger partial charge is 0.381 e. The predicted molar refractivity (Wildman–Crippen MR) is 192 cm³/mol. The van der Waals surface area contributed by atoms with Crippen LogP contribution in [-0.4, -0.2) is 11.1 Å². The van der Waals surface area contributed by atoms with Gasteiger partial charge < -0.3 is 9.88 Å². The first kappa shape index (κ1) is 25.6.